The Morgan fingerprint density at radius 1 is 1.35 bits per heavy atom. The van der Waals surface area contributed by atoms with E-state index in [4.69, 9.17) is 9.84 Å². The molecule has 7 heteroatoms. The van der Waals surface area contributed by atoms with Gasteiger partial charge in [-0.15, -0.1) is 0 Å². The summed E-state index contributed by atoms with van der Waals surface area (Å²) in [6.45, 7) is 0.155. The van der Waals surface area contributed by atoms with Crippen LogP contribution < -0.4 is 15.6 Å². The van der Waals surface area contributed by atoms with Gasteiger partial charge in [-0.3, -0.25) is 9.59 Å². The van der Waals surface area contributed by atoms with Crippen molar-refractivity contribution in [3.8, 4) is 5.75 Å². The van der Waals surface area contributed by atoms with Crippen molar-refractivity contribution in [2.75, 3.05) is 18.5 Å². The smallest absolute Gasteiger partial charge is 0.274 e. The number of H-pyrrole nitrogens is 1. The number of nitrogens with one attached hydrogen (secondary N) is 2. The molecule has 3 rings (SSSR count). The van der Waals surface area contributed by atoms with Crippen LogP contribution in [0, 0.1) is 0 Å². The summed E-state index contributed by atoms with van der Waals surface area (Å²) in [5.41, 5.74) is 0.359. The highest BCUT2D eigenvalue weighted by Crippen LogP contribution is 2.37. The molecule has 0 atom stereocenters. The number of rotatable bonds is 6. The molecule has 1 aromatic carbocycles. The minimum absolute atomic E-state index is 0.0595. The fourth-order valence-corrected chi connectivity index (χ4v) is 2.14. The quantitative estimate of drug-likeness (QED) is 0.744. The van der Waals surface area contributed by atoms with Crippen LogP contribution >= 0.6 is 0 Å². The van der Waals surface area contributed by atoms with Gasteiger partial charge in [-0.25, -0.2) is 4.98 Å². The van der Waals surface area contributed by atoms with Crippen LogP contribution in [0.4, 0.5) is 5.69 Å². The van der Waals surface area contributed by atoms with Crippen molar-refractivity contribution < 1.29 is 14.6 Å². The molecule has 0 unspecified atom stereocenters. The zero-order valence-corrected chi connectivity index (χ0v) is 12.4. The number of aliphatic hydroxyl groups excluding tert-OH is 1. The average Bonchev–Trinajstić information content (AvgIpc) is 3.38. The van der Waals surface area contributed by atoms with Crippen LogP contribution in [0.3, 0.4) is 0 Å². The van der Waals surface area contributed by atoms with Crippen LogP contribution in [-0.2, 0) is 0 Å². The summed E-state index contributed by atoms with van der Waals surface area (Å²) in [6, 6.07) is 7.93. The van der Waals surface area contributed by atoms with Gasteiger partial charge in [0.2, 0.25) is 0 Å². The molecule has 0 radical (unpaired) electrons. The number of amides is 1. The minimum Gasteiger partial charge on any atom is -0.491 e. The molecule has 1 amide bonds. The molecule has 1 heterocycles. The molecular weight excluding hydrogens is 298 g/mol. The first-order chi connectivity index (χ1) is 11.2. The number of aliphatic hydroxyl groups is 1. The fourth-order valence-electron chi connectivity index (χ4n) is 2.14. The van der Waals surface area contributed by atoms with E-state index in [-0.39, 0.29) is 30.4 Å². The standard InChI is InChI=1S/C16H17N3O4/c20-7-8-23-12-5-3-11(4-6-12)17-16(22)13-9-14(21)19-15(18-13)10-1-2-10/h3-6,9-10,20H,1-2,7-8H2,(H,17,22)(H,18,19,21). The van der Waals surface area contributed by atoms with Gasteiger partial charge < -0.3 is 20.1 Å². The maximum atomic E-state index is 12.2. The zero-order chi connectivity index (χ0) is 16.2. The molecule has 1 fully saturated rings. The predicted molar refractivity (Wildman–Crippen MR) is 83.8 cm³/mol. The molecule has 1 aromatic heterocycles. The summed E-state index contributed by atoms with van der Waals surface area (Å²) >= 11 is 0. The van der Waals surface area contributed by atoms with Gasteiger partial charge in [0.05, 0.1) is 6.61 Å². The summed E-state index contributed by atoms with van der Waals surface area (Å²) in [7, 11) is 0. The van der Waals surface area contributed by atoms with Crippen molar-refractivity contribution in [2.45, 2.75) is 18.8 Å². The second-order valence-electron chi connectivity index (χ2n) is 5.34. The van der Waals surface area contributed by atoms with Crippen LogP contribution in [0.2, 0.25) is 0 Å². The van der Waals surface area contributed by atoms with Crippen LogP contribution in [0.25, 0.3) is 0 Å². The number of carbonyl (C=O) groups is 1. The van der Waals surface area contributed by atoms with Gasteiger partial charge in [-0.2, -0.15) is 0 Å². The third-order valence-corrected chi connectivity index (χ3v) is 3.43. The van der Waals surface area contributed by atoms with Gasteiger partial charge in [0.1, 0.15) is 23.9 Å². The normalized spacial score (nSPS) is 13.6. The van der Waals surface area contributed by atoms with E-state index in [1.165, 1.54) is 6.07 Å². The van der Waals surface area contributed by atoms with E-state index >= 15 is 0 Å². The number of carbonyl (C=O) groups excluding carboxylic acids is 1. The molecule has 0 spiro atoms. The number of benzene rings is 1. The molecule has 1 aliphatic rings. The predicted octanol–water partition coefficient (Wildman–Crippen LogP) is 1.27. The second-order valence-corrected chi connectivity index (χ2v) is 5.34. The molecule has 0 aliphatic heterocycles. The molecule has 2 aromatic rings. The summed E-state index contributed by atoms with van der Waals surface area (Å²) in [5.74, 6) is 1.01. The number of hydrogen-bond acceptors (Lipinski definition) is 5. The molecule has 1 aliphatic carbocycles. The maximum absolute atomic E-state index is 12.2. The van der Waals surface area contributed by atoms with Crippen molar-refractivity contribution in [3.63, 3.8) is 0 Å². The second kappa shape index (κ2) is 6.62. The Bertz CT molecular complexity index is 751. The first kappa shape index (κ1) is 15.2. The van der Waals surface area contributed by atoms with E-state index in [0.717, 1.165) is 12.8 Å². The molecule has 7 nitrogen and oxygen atoms in total. The molecule has 120 valence electrons. The van der Waals surface area contributed by atoms with Crippen molar-refractivity contribution in [1.82, 2.24) is 9.97 Å². The van der Waals surface area contributed by atoms with Gasteiger partial charge in [0.15, 0.2) is 0 Å². The molecule has 0 saturated heterocycles. The number of aromatic nitrogens is 2. The molecular formula is C16H17N3O4. The monoisotopic (exact) mass is 315 g/mol. The Morgan fingerprint density at radius 2 is 2.09 bits per heavy atom. The van der Waals surface area contributed by atoms with Crippen LogP contribution in [0.15, 0.2) is 35.1 Å². The molecule has 0 bridgehead atoms. The highest BCUT2D eigenvalue weighted by Gasteiger charge is 2.27. The Hall–Kier alpha value is -2.67. The van der Waals surface area contributed by atoms with E-state index in [2.05, 4.69) is 15.3 Å². The lowest BCUT2D eigenvalue weighted by Crippen LogP contribution is -2.20. The van der Waals surface area contributed by atoms with Crippen molar-refractivity contribution in [3.05, 3.63) is 52.2 Å². The van der Waals surface area contributed by atoms with E-state index < -0.39 is 5.91 Å². The number of nitrogens with zero attached hydrogens (tertiary/aromatic N) is 1. The Balaban J connectivity index is 1.70. The first-order valence-electron chi connectivity index (χ1n) is 7.42. The third-order valence-electron chi connectivity index (χ3n) is 3.43. The highest BCUT2D eigenvalue weighted by molar-refractivity contribution is 6.02. The van der Waals surface area contributed by atoms with Crippen molar-refractivity contribution >= 4 is 11.6 Å². The van der Waals surface area contributed by atoms with Gasteiger partial charge in [0, 0.05) is 17.7 Å². The van der Waals surface area contributed by atoms with Crippen LogP contribution in [-0.4, -0.2) is 34.2 Å². The lowest BCUT2D eigenvalue weighted by Gasteiger charge is -2.08. The Kier molecular flexibility index (Phi) is 4.38. The summed E-state index contributed by atoms with van der Waals surface area (Å²) in [5, 5.41) is 11.4. The average molecular weight is 315 g/mol. The van der Waals surface area contributed by atoms with E-state index in [9.17, 15) is 9.59 Å². The summed E-state index contributed by atoms with van der Waals surface area (Å²) < 4.78 is 5.24. The van der Waals surface area contributed by atoms with Crippen LogP contribution in [0.1, 0.15) is 35.1 Å². The third kappa shape index (κ3) is 3.95. The molecule has 1 saturated carbocycles. The minimum atomic E-state index is -0.429. The number of ether oxygens (including phenoxy) is 1. The van der Waals surface area contributed by atoms with Gasteiger partial charge >= 0.3 is 0 Å². The van der Waals surface area contributed by atoms with E-state index in [1.807, 2.05) is 0 Å². The topological polar surface area (TPSA) is 104 Å². The summed E-state index contributed by atoms with van der Waals surface area (Å²) in [4.78, 5) is 30.8. The highest BCUT2D eigenvalue weighted by atomic mass is 16.5. The number of hydrogen-bond donors (Lipinski definition) is 3. The fraction of sp³-hybridized carbons (Fsp3) is 0.312. The van der Waals surface area contributed by atoms with Crippen molar-refractivity contribution in [2.24, 2.45) is 0 Å². The van der Waals surface area contributed by atoms with E-state index in [1.54, 1.807) is 24.3 Å². The molecule has 23 heavy (non-hydrogen) atoms. The van der Waals surface area contributed by atoms with Gasteiger partial charge in [-0.1, -0.05) is 0 Å². The maximum Gasteiger partial charge on any atom is 0.274 e. The lowest BCUT2D eigenvalue weighted by atomic mass is 10.2. The molecule has 3 N–H and O–H groups in total. The van der Waals surface area contributed by atoms with Gasteiger partial charge in [-0.05, 0) is 37.1 Å². The first-order valence-corrected chi connectivity index (χ1v) is 7.42. The Morgan fingerprint density at radius 3 is 2.74 bits per heavy atom. The Labute approximate surface area is 132 Å². The lowest BCUT2D eigenvalue weighted by molar-refractivity contribution is 0.102. The van der Waals surface area contributed by atoms with E-state index in [0.29, 0.717) is 17.3 Å². The number of anilines is 1. The summed E-state index contributed by atoms with van der Waals surface area (Å²) in [6.07, 6.45) is 1.98. The SMILES string of the molecule is O=C(Nc1ccc(OCCO)cc1)c1cc(=O)[nH]c(C2CC2)n1. The zero-order valence-electron chi connectivity index (χ0n) is 12.4. The largest absolute Gasteiger partial charge is 0.491 e. The van der Waals surface area contributed by atoms with Crippen LogP contribution in [0.5, 0.6) is 5.75 Å². The number of aromatic amines is 1. The van der Waals surface area contributed by atoms with Crippen molar-refractivity contribution in [1.29, 1.82) is 0 Å². The van der Waals surface area contributed by atoms with Gasteiger partial charge in [0.25, 0.3) is 11.5 Å².